The second-order valence-electron chi connectivity index (χ2n) is 5.03. The number of alkyl halides is 3. The Kier molecular flexibility index (Phi) is 6.21. The number of rotatable bonds is 6. The Morgan fingerprint density at radius 3 is 1.92 bits per heavy atom. The molecule has 0 unspecified atom stereocenters. The van der Waals surface area contributed by atoms with Crippen molar-refractivity contribution in [3.63, 3.8) is 0 Å². The summed E-state index contributed by atoms with van der Waals surface area (Å²) in [5, 5.41) is 0. The third kappa shape index (κ3) is 5.51. The van der Waals surface area contributed by atoms with Gasteiger partial charge in [-0.2, -0.15) is 0 Å². The van der Waals surface area contributed by atoms with Gasteiger partial charge in [-0.3, -0.25) is 0 Å². The molecule has 0 N–H and O–H groups in total. The monoisotopic (exact) mass is 368 g/mol. The van der Waals surface area contributed by atoms with Gasteiger partial charge in [0.15, 0.2) is 0 Å². The average Bonchev–Trinajstić information content (AvgIpc) is 2.60. The van der Waals surface area contributed by atoms with Crippen LogP contribution in [-0.4, -0.2) is 24.9 Å². The minimum atomic E-state index is -4.77. The molecule has 2 aromatic rings. The maximum atomic E-state index is 12.2. The fourth-order valence-electron chi connectivity index (χ4n) is 2.06. The van der Waals surface area contributed by atoms with E-state index in [4.69, 9.17) is 9.47 Å². The highest BCUT2D eigenvalue weighted by Gasteiger charge is 2.31. The molecule has 0 radical (unpaired) electrons. The Labute approximate surface area is 147 Å². The fraction of sp³-hybridized carbons (Fsp3) is 0.222. The van der Waals surface area contributed by atoms with Crippen LogP contribution in [0.4, 0.5) is 13.2 Å². The van der Waals surface area contributed by atoms with Crippen molar-refractivity contribution < 1.29 is 37.0 Å². The molecule has 0 bridgehead atoms. The van der Waals surface area contributed by atoms with Crippen LogP contribution in [0.3, 0.4) is 0 Å². The number of carbonyl (C=O) groups excluding carboxylic acids is 2. The van der Waals surface area contributed by atoms with Gasteiger partial charge in [0, 0.05) is 0 Å². The lowest BCUT2D eigenvalue weighted by Gasteiger charge is -2.10. The zero-order valence-corrected chi connectivity index (χ0v) is 13.7. The molecule has 2 rings (SSSR count). The van der Waals surface area contributed by atoms with Gasteiger partial charge in [0.2, 0.25) is 0 Å². The molecule has 0 saturated heterocycles. The average molecular weight is 368 g/mol. The van der Waals surface area contributed by atoms with E-state index >= 15 is 0 Å². The lowest BCUT2D eigenvalue weighted by Crippen LogP contribution is -2.17. The number of benzene rings is 2. The zero-order chi connectivity index (χ0) is 19.2. The number of ether oxygens (including phenoxy) is 3. The molecule has 0 atom stereocenters. The predicted octanol–water partition coefficient (Wildman–Crippen LogP) is 4.12. The van der Waals surface area contributed by atoms with Crippen LogP contribution in [0.1, 0.15) is 33.2 Å². The predicted molar refractivity (Wildman–Crippen MR) is 84.6 cm³/mol. The maximum Gasteiger partial charge on any atom is 0.573 e. The second-order valence-corrected chi connectivity index (χ2v) is 5.03. The number of carbonyl (C=O) groups is 2. The molecule has 0 fully saturated rings. The van der Waals surface area contributed by atoms with Gasteiger partial charge >= 0.3 is 18.3 Å². The Bertz CT molecular complexity index is 769. The summed E-state index contributed by atoms with van der Waals surface area (Å²) >= 11 is 0. The van der Waals surface area contributed by atoms with Crippen molar-refractivity contribution >= 4 is 11.9 Å². The molecule has 0 aliphatic carbocycles. The summed E-state index contributed by atoms with van der Waals surface area (Å²) in [6.07, 6.45) is -4.77. The lowest BCUT2D eigenvalue weighted by molar-refractivity contribution is -0.274. The zero-order valence-electron chi connectivity index (χ0n) is 13.7. The van der Waals surface area contributed by atoms with E-state index < -0.39 is 18.3 Å². The summed E-state index contributed by atoms with van der Waals surface area (Å²) in [6.45, 7) is 1.63. The van der Waals surface area contributed by atoms with Crippen molar-refractivity contribution in [2.24, 2.45) is 0 Å². The Hall–Kier alpha value is -3.03. The van der Waals surface area contributed by atoms with Crippen molar-refractivity contribution in [3.05, 3.63) is 65.2 Å². The van der Waals surface area contributed by atoms with E-state index in [1.54, 1.807) is 19.1 Å². The van der Waals surface area contributed by atoms with Gasteiger partial charge in [0.1, 0.15) is 12.4 Å². The van der Waals surface area contributed by atoms with E-state index in [1.165, 1.54) is 24.3 Å². The van der Waals surface area contributed by atoms with Gasteiger partial charge in [-0.15, -0.1) is 13.2 Å². The van der Waals surface area contributed by atoms with Crippen LogP contribution in [0.15, 0.2) is 48.5 Å². The van der Waals surface area contributed by atoms with Crippen LogP contribution in [0.5, 0.6) is 5.75 Å². The standard InChI is InChI=1S/C18H15F3O5/c1-2-24-16(22)14-5-3-4-6-15(14)17(23)25-11-12-7-9-13(10-8-12)26-18(19,20)21/h3-10H,2,11H2,1H3. The summed E-state index contributed by atoms with van der Waals surface area (Å²) in [5.41, 5.74) is 0.581. The topological polar surface area (TPSA) is 61.8 Å². The molecule has 0 amide bonds. The Balaban J connectivity index is 2.02. The first-order valence-electron chi connectivity index (χ1n) is 7.58. The highest BCUT2D eigenvalue weighted by atomic mass is 19.4. The van der Waals surface area contributed by atoms with Crippen LogP contribution in [-0.2, 0) is 16.1 Å². The largest absolute Gasteiger partial charge is 0.573 e. The summed E-state index contributed by atoms with van der Waals surface area (Å²) in [4.78, 5) is 24.1. The normalized spacial score (nSPS) is 10.9. The first-order chi connectivity index (χ1) is 12.3. The van der Waals surface area contributed by atoms with Gasteiger partial charge < -0.3 is 14.2 Å². The fourth-order valence-corrected chi connectivity index (χ4v) is 2.06. The molecule has 0 aromatic heterocycles. The number of halogens is 3. The molecular formula is C18H15F3O5. The molecule has 0 heterocycles. The van der Waals surface area contributed by atoms with E-state index in [2.05, 4.69) is 4.74 Å². The van der Waals surface area contributed by atoms with Crippen LogP contribution >= 0.6 is 0 Å². The number of hydrogen-bond acceptors (Lipinski definition) is 5. The first kappa shape index (κ1) is 19.3. The quantitative estimate of drug-likeness (QED) is 0.718. The molecule has 5 nitrogen and oxygen atoms in total. The van der Waals surface area contributed by atoms with E-state index in [-0.39, 0.29) is 30.1 Å². The number of esters is 2. The summed E-state index contributed by atoms with van der Waals surface area (Å²) in [6, 6.07) is 10.9. The van der Waals surface area contributed by atoms with E-state index in [0.29, 0.717) is 5.56 Å². The van der Waals surface area contributed by atoms with E-state index in [1.807, 2.05) is 0 Å². The van der Waals surface area contributed by atoms with Crippen molar-refractivity contribution in [3.8, 4) is 5.75 Å². The van der Waals surface area contributed by atoms with E-state index in [0.717, 1.165) is 12.1 Å². The summed E-state index contributed by atoms with van der Waals surface area (Å²) in [5.74, 6) is -1.77. The van der Waals surface area contributed by atoms with Crippen molar-refractivity contribution in [1.29, 1.82) is 0 Å². The third-order valence-corrected chi connectivity index (χ3v) is 3.17. The van der Waals surface area contributed by atoms with Crippen LogP contribution in [0, 0.1) is 0 Å². The highest BCUT2D eigenvalue weighted by molar-refractivity contribution is 6.03. The molecule has 0 aliphatic heterocycles. The molecule has 26 heavy (non-hydrogen) atoms. The van der Waals surface area contributed by atoms with Crippen LogP contribution < -0.4 is 4.74 Å². The van der Waals surface area contributed by atoms with Gasteiger partial charge in [-0.1, -0.05) is 24.3 Å². The number of hydrogen-bond donors (Lipinski definition) is 0. The van der Waals surface area contributed by atoms with Crippen molar-refractivity contribution in [2.75, 3.05) is 6.61 Å². The molecular weight excluding hydrogens is 353 g/mol. The molecule has 2 aromatic carbocycles. The summed E-state index contributed by atoms with van der Waals surface area (Å²) in [7, 11) is 0. The first-order valence-corrected chi connectivity index (χ1v) is 7.58. The highest BCUT2D eigenvalue weighted by Crippen LogP contribution is 2.23. The molecule has 138 valence electrons. The molecule has 8 heteroatoms. The third-order valence-electron chi connectivity index (χ3n) is 3.17. The second kappa shape index (κ2) is 8.37. The Morgan fingerprint density at radius 2 is 1.42 bits per heavy atom. The minimum Gasteiger partial charge on any atom is -0.462 e. The lowest BCUT2D eigenvalue weighted by atomic mass is 10.1. The summed E-state index contributed by atoms with van der Waals surface area (Å²) < 4.78 is 50.1. The molecule has 0 spiro atoms. The van der Waals surface area contributed by atoms with Gasteiger partial charge in [0.05, 0.1) is 17.7 Å². The van der Waals surface area contributed by atoms with Gasteiger partial charge in [0.25, 0.3) is 0 Å². The smallest absolute Gasteiger partial charge is 0.462 e. The maximum absolute atomic E-state index is 12.2. The van der Waals surface area contributed by atoms with Crippen LogP contribution in [0.2, 0.25) is 0 Å². The molecule has 0 saturated carbocycles. The van der Waals surface area contributed by atoms with Gasteiger partial charge in [-0.05, 0) is 36.8 Å². The Morgan fingerprint density at radius 1 is 0.885 bits per heavy atom. The van der Waals surface area contributed by atoms with Crippen molar-refractivity contribution in [2.45, 2.75) is 19.9 Å². The minimum absolute atomic E-state index is 0.0444. The van der Waals surface area contributed by atoms with E-state index in [9.17, 15) is 22.8 Å². The van der Waals surface area contributed by atoms with Crippen LogP contribution in [0.25, 0.3) is 0 Å². The van der Waals surface area contributed by atoms with Gasteiger partial charge in [-0.25, -0.2) is 9.59 Å². The van der Waals surface area contributed by atoms with Crippen molar-refractivity contribution in [1.82, 2.24) is 0 Å². The SMILES string of the molecule is CCOC(=O)c1ccccc1C(=O)OCc1ccc(OC(F)(F)F)cc1. The molecule has 0 aliphatic rings.